The first-order valence-electron chi connectivity index (χ1n) is 21.1. The van der Waals surface area contributed by atoms with Gasteiger partial charge in [0, 0.05) is 84.2 Å². The highest BCUT2D eigenvalue weighted by atomic mass is 32.1. The summed E-state index contributed by atoms with van der Waals surface area (Å²) < 4.78 is 25.1. The van der Waals surface area contributed by atoms with E-state index in [1.54, 1.807) is 11.3 Å². The summed E-state index contributed by atoms with van der Waals surface area (Å²) in [5.74, 6) is 1.69. The molecule has 4 aliphatic rings. The topological polar surface area (TPSA) is 66.0 Å². The molecule has 2 atom stereocenters. The quantitative estimate of drug-likeness (QED) is 0.118. The summed E-state index contributed by atoms with van der Waals surface area (Å²) in [5, 5.41) is 5.60. The van der Waals surface area contributed by atoms with E-state index in [1.165, 1.54) is 77.6 Å². The Kier molecular flexibility index (Phi) is 13.5. The van der Waals surface area contributed by atoms with Crippen molar-refractivity contribution in [1.29, 1.82) is 0 Å². The van der Waals surface area contributed by atoms with Crippen molar-refractivity contribution in [2.45, 2.75) is 90.4 Å². The van der Waals surface area contributed by atoms with Gasteiger partial charge >= 0.3 is 0 Å². The Balaban J connectivity index is 0.000000165. The first-order valence-corrected chi connectivity index (χ1v) is 22.7. The van der Waals surface area contributed by atoms with Gasteiger partial charge < -0.3 is 29.5 Å². The molecule has 0 amide bonds. The van der Waals surface area contributed by atoms with E-state index in [0.717, 1.165) is 123 Å². The molecule has 11 heteroatoms. The number of anilines is 1. The van der Waals surface area contributed by atoms with Crippen molar-refractivity contribution in [3.05, 3.63) is 99.8 Å². The van der Waals surface area contributed by atoms with Crippen molar-refractivity contribution >= 4 is 28.4 Å². The summed E-state index contributed by atoms with van der Waals surface area (Å²) in [6.45, 7) is 14.7. The molecule has 8 nitrogen and oxygen atoms in total. The van der Waals surface area contributed by atoms with E-state index in [-0.39, 0.29) is 5.82 Å². The van der Waals surface area contributed by atoms with Gasteiger partial charge in [0.2, 0.25) is 0 Å². The molecule has 2 unspecified atom stereocenters. The number of benzene rings is 3. The third-order valence-electron chi connectivity index (χ3n) is 11.8. The first kappa shape index (κ1) is 39.9. The Morgan fingerprint density at radius 2 is 1.23 bits per heavy atom. The zero-order valence-electron chi connectivity index (χ0n) is 33.6. The van der Waals surface area contributed by atoms with Gasteiger partial charge in [0.15, 0.2) is 0 Å². The van der Waals surface area contributed by atoms with Gasteiger partial charge in [-0.1, -0.05) is 0 Å². The van der Waals surface area contributed by atoms with E-state index < -0.39 is 0 Å². The van der Waals surface area contributed by atoms with Gasteiger partial charge in [0.1, 0.15) is 27.3 Å². The molecule has 0 saturated carbocycles. The number of thiazole rings is 2. The van der Waals surface area contributed by atoms with Gasteiger partial charge in [-0.2, -0.15) is 0 Å². The van der Waals surface area contributed by atoms with Crippen molar-refractivity contribution in [1.82, 2.24) is 25.1 Å². The second-order valence-corrected chi connectivity index (χ2v) is 18.0. The van der Waals surface area contributed by atoms with Crippen LogP contribution in [0.3, 0.4) is 0 Å². The van der Waals surface area contributed by atoms with Gasteiger partial charge in [0.25, 0.3) is 0 Å². The summed E-state index contributed by atoms with van der Waals surface area (Å²) in [4.78, 5) is 19.8. The third kappa shape index (κ3) is 10.4. The Morgan fingerprint density at radius 1 is 0.684 bits per heavy atom. The van der Waals surface area contributed by atoms with Crippen LogP contribution in [0.1, 0.15) is 73.5 Å². The fourth-order valence-corrected chi connectivity index (χ4v) is 10.6. The fraction of sp³-hybridized carbons (Fsp3) is 0.478. The lowest BCUT2D eigenvalue weighted by molar-refractivity contribution is 0.230. The molecule has 3 aromatic carbocycles. The number of halogens is 1. The number of hydrogen-bond donors (Lipinski definition) is 1. The molecule has 2 saturated heterocycles. The minimum Gasteiger partial charge on any atom is -0.494 e. The van der Waals surface area contributed by atoms with E-state index >= 15 is 0 Å². The van der Waals surface area contributed by atoms with Crippen molar-refractivity contribution in [2.75, 3.05) is 57.4 Å². The molecule has 302 valence electrons. The molecule has 0 radical (unpaired) electrons. The summed E-state index contributed by atoms with van der Waals surface area (Å²) >= 11 is 3.57. The standard InChI is InChI=1S/C26H30FN3OS.C20H27N3OS/c1-19-4-2-14-29(19)15-3-17-31-23-11-5-20(6-12-23)26-28-24-13-16-30(18-25(24)32-26)22-9-7-21(27)8-10-22;1-15-4-2-11-23(15)12-3-13-24-17-7-5-16(6-8-17)20-22-18-9-10-21-14-19(18)25-20/h5-12,19H,2-4,13-18H2,1H3;5-8,15,21H,2-4,9-14H2,1H3. The van der Waals surface area contributed by atoms with Crippen LogP contribution >= 0.6 is 22.7 Å². The van der Waals surface area contributed by atoms with Crippen LogP contribution in [0.2, 0.25) is 0 Å². The number of likely N-dealkylation sites (tertiary alicyclic amines) is 2. The summed E-state index contributed by atoms with van der Waals surface area (Å²) in [6.07, 6.45) is 9.47. The van der Waals surface area contributed by atoms with Gasteiger partial charge in [-0.3, -0.25) is 0 Å². The molecule has 2 fully saturated rings. The number of nitrogens with one attached hydrogen (secondary N) is 1. The molecule has 5 aromatic rings. The summed E-state index contributed by atoms with van der Waals surface area (Å²) in [5.41, 5.74) is 5.86. The molecule has 57 heavy (non-hydrogen) atoms. The lowest BCUT2D eigenvalue weighted by Crippen LogP contribution is -2.29. The number of hydrogen-bond acceptors (Lipinski definition) is 10. The first-order chi connectivity index (χ1) is 27.9. The van der Waals surface area contributed by atoms with Crippen molar-refractivity contribution in [3.63, 3.8) is 0 Å². The van der Waals surface area contributed by atoms with Crippen LogP contribution < -0.4 is 19.7 Å². The maximum absolute atomic E-state index is 13.2. The van der Waals surface area contributed by atoms with Crippen molar-refractivity contribution in [2.24, 2.45) is 0 Å². The average molecular weight is 809 g/mol. The van der Waals surface area contributed by atoms with Gasteiger partial charge in [-0.15, -0.1) is 22.7 Å². The van der Waals surface area contributed by atoms with Crippen LogP contribution in [0.5, 0.6) is 11.5 Å². The number of aromatic nitrogens is 2. The Hall–Kier alpha value is -3.87. The van der Waals surface area contributed by atoms with E-state index in [0.29, 0.717) is 0 Å². The molecular formula is C46H57FN6O2S2. The maximum Gasteiger partial charge on any atom is 0.123 e. The van der Waals surface area contributed by atoms with Crippen LogP contribution in [0, 0.1) is 5.82 Å². The summed E-state index contributed by atoms with van der Waals surface area (Å²) in [7, 11) is 0. The molecule has 2 aromatic heterocycles. The molecule has 6 heterocycles. The number of nitrogens with zero attached hydrogens (tertiary/aromatic N) is 5. The largest absolute Gasteiger partial charge is 0.494 e. The normalized spacial score (nSPS) is 19.5. The van der Waals surface area contributed by atoms with Crippen LogP contribution in [0.25, 0.3) is 21.1 Å². The number of rotatable bonds is 13. The molecule has 0 spiro atoms. The van der Waals surface area contributed by atoms with Crippen LogP contribution in [-0.4, -0.2) is 84.3 Å². The molecule has 9 rings (SSSR count). The number of fused-ring (bicyclic) bond motifs is 2. The molecular weight excluding hydrogens is 752 g/mol. The van der Waals surface area contributed by atoms with E-state index in [9.17, 15) is 4.39 Å². The zero-order chi connectivity index (χ0) is 39.0. The van der Waals surface area contributed by atoms with Crippen LogP contribution in [0.4, 0.5) is 10.1 Å². The van der Waals surface area contributed by atoms with Crippen molar-refractivity contribution in [3.8, 4) is 32.6 Å². The lowest BCUT2D eigenvalue weighted by Gasteiger charge is -2.28. The molecule has 0 aliphatic carbocycles. The Morgan fingerprint density at radius 3 is 1.75 bits per heavy atom. The van der Waals surface area contributed by atoms with Gasteiger partial charge in [-0.05, 0) is 138 Å². The second-order valence-electron chi connectivity index (χ2n) is 15.9. The highest BCUT2D eigenvalue weighted by molar-refractivity contribution is 7.15. The molecule has 1 N–H and O–H groups in total. The Labute approximate surface area is 346 Å². The predicted molar refractivity (Wildman–Crippen MR) is 232 cm³/mol. The smallest absolute Gasteiger partial charge is 0.123 e. The third-order valence-corrected chi connectivity index (χ3v) is 14.1. The minimum absolute atomic E-state index is 0.194. The summed E-state index contributed by atoms with van der Waals surface area (Å²) in [6, 6.07) is 25.0. The van der Waals surface area contributed by atoms with Crippen LogP contribution in [-0.2, 0) is 25.9 Å². The highest BCUT2D eigenvalue weighted by Crippen LogP contribution is 2.35. The monoisotopic (exact) mass is 808 g/mol. The molecule has 0 bridgehead atoms. The van der Waals surface area contributed by atoms with Crippen LogP contribution in [0.15, 0.2) is 72.8 Å². The lowest BCUT2D eigenvalue weighted by atomic mass is 10.1. The van der Waals surface area contributed by atoms with Crippen molar-refractivity contribution < 1.29 is 13.9 Å². The van der Waals surface area contributed by atoms with E-state index in [2.05, 4.69) is 82.4 Å². The minimum atomic E-state index is -0.194. The fourth-order valence-electron chi connectivity index (χ4n) is 8.39. The van der Waals surface area contributed by atoms with Gasteiger partial charge in [-0.25, -0.2) is 14.4 Å². The number of ether oxygens (including phenoxy) is 2. The van der Waals surface area contributed by atoms with Gasteiger partial charge in [0.05, 0.1) is 31.1 Å². The zero-order valence-corrected chi connectivity index (χ0v) is 35.2. The van der Waals surface area contributed by atoms with E-state index in [4.69, 9.17) is 19.4 Å². The predicted octanol–water partition coefficient (Wildman–Crippen LogP) is 9.47. The highest BCUT2D eigenvalue weighted by Gasteiger charge is 2.23. The average Bonchev–Trinajstić information content (AvgIpc) is 4.06. The maximum atomic E-state index is 13.2. The van der Waals surface area contributed by atoms with E-state index in [1.807, 2.05) is 23.5 Å². The SMILES string of the molecule is CC1CCCN1CCCOc1ccc(-c2nc3c(s2)CN(c2ccc(F)cc2)CC3)cc1.CC1CCCN1CCCOc1ccc(-c2nc3c(s2)CNCC3)cc1. The second kappa shape index (κ2) is 19.3. The Bertz CT molecular complexity index is 1990. The molecule has 4 aliphatic heterocycles.